The van der Waals surface area contributed by atoms with E-state index in [1.807, 2.05) is 6.92 Å². The number of aromatic nitrogens is 2. The first kappa shape index (κ1) is 12.2. The minimum Gasteiger partial charge on any atom is -0.351 e. The number of fused-ring (bicyclic) bond motifs is 1. The summed E-state index contributed by atoms with van der Waals surface area (Å²) in [6.45, 7) is 5.44. The van der Waals surface area contributed by atoms with Gasteiger partial charge in [0, 0.05) is 19.1 Å². The Morgan fingerprint density at radius 2 is 2.06 bits per heavy atom. The van der Waals surface area contributed by atoms with E-state index in [-0.39, 0.29) is 0 Å². The molecular formula is C13H19ClN4. The molecule has 0 aromatic carbocycles. The normalized spacial score (nSPS) is 28.5. The van der Waals surface area contributed by atoms with E-state index in [2.05, 4.69) is 33.1 Å². The molecule has 0 spiro atoms. The van der Waals surface area contributed by atoms with Crippen LogP contribution in [0.15, 0.2) is 6.07 Å². The summed E-state index contributed by atoms with van der Waals surface area (Å²) < 4.78 is 0. The van der Waals surface area contributed by atoms with Gasteiger partial charge in [-0.25, -0.2) is 0 Å². The number of piperidine rings is 1. The number of likely N-dealkylation sites (tertiary alicyclic amines) is 1. The average Bonchev–Trinajstić information content (AvgIpc) is 2.75. The lowest BCUT2D eigenvalue weighted by Gasteiger charge is -2.37. The number of nitrogens with zero attached hydrogens (tertiary/aromatic N) is 4. The highest BCUT2D eigenvalue weighted by Gasteiger charge is 2.38. The highest BCUT2D eigenvalue weighted by molar-refractivity contribution is 6.30. The van der Waals surface area contributed by atoms with Crippen molar-refractivity contribution in [3.05, 3.63) is 16.8 Å². The molecule has 3 heterocycles. The zero-order valence-electron chi connectivity index (χ0n) is 10.9. The second-order valence-electron chi connectivity index (χ2n) is 5.54. The monoisotopic (exact) mass is 266 g/mol. The Bertz CT molecular complexity index is 451. The van der Waals surface area contributed by atoms with Crippen molar-refractivity contribution < 1.29 is 0 Å². The van der Waals surface area contributed by atoms with Crippen LogP contribution in [0.4, 0.5) is 5.82 Å². The van der Waals surface area contributed by atoms with E-state index in [1.54, 1.807) is 0 Å². The number of rotatable bonds is 1. The highest BCUT2D eigenvalue weighted by Crippen LogP contribution is 2.34. The lowest BCUT2D eigenvalue weighted by atomic mass is 9.92. The number of aryl methyl sites for hydroxylation is 1. The van der Waals surface area contributed by atoms with Gasteiger partial charge in [-0.3, -0.25) is 0 Å². The molecule has 0 unspecified atom stereocenters. The van der Waals surface area contributed by atoms with E-state index < -0.39 is 0 Å². The first-order chi connectivity index (χ1) is 8.65. The van der Waals surface area contributed by atoms with E-state index >= 15 is 0 Å². The van der Waals surface area contributed by atoms with Crippen LogP contribution >= 0.6 is 11.6 Å². The van der Waals surface area contributed by atoms with Gasteiger partial charge in [0.25, 0.3) is 0 Å². The van der Waals surface area contributed by atoms with E-state index in [0.29, 0.717) is 11.2 Å². The van der Waals surface area contributed by atoms with Crippen molar-refractivity contribution in [1.82, 2.24) is 15.1 Å². The van der Waals surface area contributed by atoms with Crippen molar-refractivity contribution in [1.29, 1.82) is 0 Å². The lowest BCUT2D eigenvalue weighted by Crippen LogP contribution is -2.47. The second-order valence-corrected chi connectivity index (χ2v) is 5.89. The average molecular weight is 267 g/mol. The fourth-order valence-electron chi connectivity index (χ4n) is 3.18. The van der Waals surface area contributed by atoms with Crippen molar-refractivity contribution in [2.45, 2.75) is 25.8 Å². The second kappa shape index (κ2) is 4.67. The molecule has 3 rings (SSSR count). The first-order valence-electron chi connectivity index (χ1n) is 6.60. The quantitative estimate of drug-likeness (QED) is 0.778. The van der Waals surface area contributed by atoms with Crippen LogP contribution < -0.4 is 4.90 Å². The highest BCUT2D eigenvalue weighted by atomic mass is 35.5. The van der Waals surface area contributed by atoms with Gasteiger partial charge in [0.1, 0.15) is 0 Å². The zero-order valence-corrected chi connectivity index (χ0v) is 11.7. The number of anilines is 1. The Labute approximate surface area is 113 Å². The molecule has 2 saturated heterocycles. The largest absolute Gasteiger partial charge is 0.351 e. The van der Waals surface area contributed by atoms with Crippen LogP contribution in [-0.4, -0.2) is 47.8 Å². The molecule has 0 radical (unpaired) electrons. The van der Waals surface area contributed by atoms with E-state index in [1.165, 1.54) is 19.4 Å². The van der Waals surface area contributed by atoms with Gasteiger partial charge < -0.3 is 9.80 Å². The zero-order chi connectivity index (χ0) is 12.7. The summed E-state index contributed by atoms with van der Waals surface area (Å²) in [5.41, 5.74) is 1.01. The van der Waals surface area contributed by atoms with E-state index in [0.717, 1.165) is 30.4 Å². The SMILES string of the molecule is Cc1cc(N2CC[C@@H]3CCN(C)C[C@@H]32)nnc1Cl. The maximum absolute atomic E-state index is 5.95. The molecule has 98 valence electrons. The number of likely N-dealkylation sites (N-methyl/N-ethyl adjacent to an activating group) is 1. The minimum atomic E-state index is 0.509. The van der Waals surface area contributed by atoms with Crippen LogP contribution in [0, 0.1) is 12.8 Å². The predicted molar refractivity (Wildman–Crippen MR) is 73.1 cm³/mol. The maximum Gasteiger partial charge on any atom is 0.154 e. The van der Waals surface area contributed by atoms with Crippen molar-refractivity contribution in [2.24, 2.45) is 5.92 Å². The Hall–Kier alpha value is -0.870. The molecule has 1 aromatic rings. The fourth-order valence-corrected chi connectivity index (χ4v) is 3.27. The molecule has 2 fully saturated rings. The summed E-state index contributed by atoms with van der Waals surface area (Å²) in [6.07, 6.45) is 2.58. The van der Waals surface area contributed by atoms with Gasteiger partial charge in [0.15, 0.2) is 11.0 Å². The lowest BCUT2D eigenvalue weighted by molar-refractivity contribution is 0.207. The van der Waals surface area contributed by atoms with Crippen LogP contribution in [0.5, 0.6) is 0 Å². The summed E-state index contributed by atoms with van der Waals surface area (Å²) in [4.78, 5) is 4.83. The summed E-state index contributed by atoms with van der Waals surface area (Å²) in [7, 11) is 2.20. The Kier molecular flexibility index (Phi) is 3.16. The Morgan fingerprint density at radius 3 is 2.83 bits per heavy atom. The topological polar surface area (TPSA) is 32.3 Å². The summed E-state index contributed by atoms with van der Waals surface area (Å²) in [5.74, 6) is 1.80. The van der Waals surface area contributed by atoms with Crippen molar-refractivity contribution in [3.63, 3.8) is 0 Å². The molecule has 0 aliphatic carbocycles. The van der Waals surface area contributed by atoms with Gasteiger partial charge in [-0.2, -0.15) is 0 Å². The van der Waals surface area contributed by atoms with Gasteiger partial charge in [-0.1, -0.05) is 11.6 Å². The van der Waals surface area contributed by atoms with Crippen LogP contribution in [0.2, 0.25) is 5.15 Å². The standard InChI is InChI=1S/C13H19ClN4/c1-9-7-12(15-16-13(9)14)18-6-4-10-3-5-17(2)8-11(10)18/h7,10-11H,3-6,8H2,1-2H3/t10-,11-/m0/s1. The molecule has 2 aliphatic rings. The molecule has 2 aliphatic heterocycles. The predicted octanol–water partition coefficient (Wildman–Crippen LogP) is 1.97. The fraction of sp³-hybridized carbons (Fsp3) is 0.692. The van der Waals surface area contributed by atoms with Crippen LogP contribution in [-0.2, 0) is 0 Å². The first-order valence-corrected chi connectivity index (χ1v) is 6.98. The molecule has 0 amide bonds. The van der Waals surface area contributed by atoms with Gasteiger partial charge in [-0.15, -0.1) is 10.2 Å². The van der Waals surface area contributed by atoms with Crippen LogP contribution in [0.25, 0.3) is 0 Å². The molecule has 4 nitrogen and oxygen atoms in total. The molecule has 18 heavy (non-hydrogen) atoms. The minimum absolute atomic E-state index is 0.509. The van der Waals surface area contributed by atoms with Gasteiger partial charge in [0.05, 0.1) is 0 Å². The van der Waals surface area contributed by atoms with Gasteiger partial charge in [0.2, 0.25) is 0 Å². The smallest absolute Gasteiger partial charge is 0.154 e. The Balaban J connectivity index is 1.85. The van der Waals surface area contributed by atoms with E-state index in [9.17, 15) is 0 Å². The molecule has 0 bridgehead atoms. The number of hydrogen-bond acceptors (Lipinski definition) is 4. The summed E-state index contributed by atoms with van der Waals surface area (Å²) in [6, 6.07) is 2.66. The molecule has 2 atom stereocenters. The van der Waals surface area contributed by atoms with Crippen molar-refractivity contribution in [2.75, 3.05) is 31.6 Å². The van der Waals surface area contributed by atoms with Crippen molar-refractivity contribution in [3.8, 4) is 0 Å². The molecule has 0 saturated carbocycles. The van der Waals surface area contributed by atoms with Gasteiger partial charge >= 0.3 is 0 Å². The molecule has 5 heteroatoms. The third-order valence-corrected chi connectivity index (χ3v) is 4.64. The molecule has 0 N–H and O–H groups in total. The molecule has 1 aromatic heterocycles. The third kappa shape index (κ3) is 2.08. The van der Waals surface area contributed by atoms with Gasteiger partial charge in [-0.05, 0) is 50.9 Å². The molecular weight excluding hydrogens is 248 g/mol. The van der Waals surface area contributed by atoms with Crippen molar-refractivity contribution >= 4 is 17.4 Å². The summed E-state index contributed by atoms with van der Waals surface area (Å²) in [5, 5.41) is 8.81. The van der Waals surface area contributed by atoms with Crippen LogP contribution in [0.1, 0.15) is 18.4 Å². The maximum atomic E-state index is 5.95. The number of halogens is 1. The van der Waals surface area contributed by atoms with Crippen LogP contribution in [0.3, 0.4) is 0 Å². The summed E-state index contributed by atoms with van der Waals surface area (Å²) >= 11 is 5.95. The Morgan fingerprint density at radius 1 is 1.28 bits per heavy atom. The van der Waals surface area contributed by atoms with E-state index in [4.69, 9.17) is 11.6 Å². The number of hydrogen-bond donors (Lipinski definition) is 0. The third-order valence-electron chi connectivity index (χ3n) is 4.27.